The maximum atomic E-state index is 13.1. The molecule has 0 saturated heterocycles. The molecular formula is C26H31N5O. The van der Waals surface area contributed by atoms with Gasteiger partial charge in [0.2, 0.25) is 5.91 Å². The molecule has 1 N–H and O–H groups in total. The van der Waals surface area contributed by atoms with E-state index in [1.54, 1.807) is 0 Å². The SMILES string of the molecule is CCCCN(CCCC)c1nc2ccccc2nc1[C@H](C#N)C(=O)NCc1ccccc1. The number of nitrogens with one attached hydrogen (secondary N) is 1. The number of unbranched alkanes of at least 4 members (excludes halogenated alkanes) is 2. The summed E-state index contributed by atoms with van der Waals surface area (Å²) in [5.41, 5.74) is 2.87. The number of carbonyl (C=O) groups is 1. The molecule has 1 heterocycles. The van der Waals surface area contributed by atoms with Crippen molar-refractivity contribution >= 4 is 22.8 Å². The van der Waals surface area contributed by atoms with Crippen molar-refractivity contribution in [1.29, 1.82) is 5.26 Å². The molecule has 1 amide bonds. The number of amides is 1. The molecule has 3 rings (SSSR count). The van der Waals surface area contributed by atoms with E-state index < -0.39 is 5.92 Å². The summed E-state index contributed by atoms with van der Waals surface area (Å²) in [7, 11) is 0. The van der Waals surface area contributed by atoms with Gasteiger partial charge in [0.1, 0.15) is 5.69 Å². The van der Waals surface area contributed by atoms with E-state index in [1.165, 1.54) is 0 Å². The van der Waals surface area contributed by atoms with Crippen LogP contribution in [0.15, 0.2) is 54.6 Å². The standard InChI is InChI=1S/C26H31N5O/c1-3-5-16-31(17-6-4-2)25-24(29-22-14-10-11-15-23(22)30-25)21(18-27)26(32)28-19-20-12-8-7-9-13-20/h7-15,21H,3-6,16-17,19H2,1-2H3,(H,28,32)/t21-/m0/s1. The second kappa shape index (κ2) is 11.8. The number of rotatable bonds is 11. The van der Waals surface area contributed by atoms with Crippen molar-refractivity contribution in [2.75, 3.05) is 18.0 Å². The molecule has 0 saturated carbocycles. The van der Waals surface area contributed by atoms with Crippen molar-refractivity contribution in [3.8, 4) is 6.07 Å². The molecule has 0 bridgehead atoms. The quantitative estimate of drug-likeness (QED) is 0.466. The number of aromatic nitrogens is 2. The topological polar surface area (TPSA) is 81.9 Å². The molecule has 166 valence electrons. The van der Waals surface area contributed by atoms with Crippen molar-refractivity contribution in [3.63, 3.8) is 0 Å². The summed E-state index contributed by atoms with van der Waals surface area (Å²) >= 11 is 0. The van der Waals surface area contributed by atoms with Gasteiger partial charge in [0.15, 0.2) is 11.7 Å². The van der Waals surface area contributed by atoms with E-state index in [0.29, 0.717) is 23.6 Å². The normalized spacial score (nSPS) is 11.7. The van der Waals surface area contributed by atoms with Gasteiger partial charge in [-0.05, 0) is 30.5 Å². The first-order chi connectivity index (χ1) is 15.7. The Labute approximate surface area is 190 Å². The van der Waals surface area contributed by atoms with Crippen molar-refractivity contribution in [1.82, 2.24) is 15.3 Å². The molecule has 0 unspecified atom stereocenters. The summed E-state index contributed by atoms with van der Waals surface area (Å²) in [5.74, 6) is -0.739. The lowest BCUT2D eigenvalue weighted by Gasteiger charge is -2.26. The van der Waals surface area contributed by atoms with Gasteiger partial charge in [-0.3, -0.25) is 4.79 Å². The van der Waals surface area contributed by atoms with Crippen LogP contribution in [0.4, 0.5) is 5.82 Å². The molecule has 32 heavy (non-hydrogen) atoms. The zero-order valence-corrected chi connectivity index (χ0v) is 18.9. The fourth-order valence-electron chi connectivity index (χ4n) is 3.58. The molecule has 0 spiro atoms. The number of fused-ring (bicyclic) bond motifs is 1. The lowest BCUT2D eigenvalue weighted by atomic mass is 10.0. The molecule has 2 aromatic carbocycles. The molecule has 1 atom stereocenters. The summed E-state index contributed by atoms with van der Waals surface area (Å²) < 4.78 is 0. The van der Waals surface area contributed by atoms with Gasteiger partial charge in [0.25, 0.3) is 0 Å². The second-order valence-corrected chi connectivity index (χ2v) is 7.88. The van der Waals surface area contributed by atoms with E-state index in [4.69, 9.17) is 9.97 Å². The highest BCUT2D eigenvalue weighted by Gasteiger charge is 2.28. The minimum Gasteiger partial charge on any atom is -0.355 e. The summed E-state index contributed by atoms with van der Waals surface area (Å²) in [6.07, 6.45) is 4.13. The van der Waals surface area contributed by atoms with Gasteiger partial charge in [-0.1, -0.05) is 69.2 Å². The third-order valence-electron chi connectivity index (χ3n) is 5.42. The van der Waals surface area contributed by atoms with Crippen molar-refractivity contribution in [2.24, 2.45) is 0 Å². The Morgan fingerprint density at radius 2 is 1.56 bits per heavy atom. The molecule has 0 aliphatic heterocycles. The Hall–Kier alpha value is -3.46. The molecule has 0 fully saturated rings. The number of carbonyl (C=O) groups excluding carboxylic acids is 1. The number of hydrogen-bond acceptors (Lipinski definition) is 5. The zero-order valence-electron chi connectivity index (χ0n) is 18.9. The predicted molar refractivity (Wildman–Crippen MR) is 128 cm³/mol. The molecular weight excluding hydrogens is 398 g/mol. The second-order valence-electron chi connectivity index (χ2n) is 7.88. The Morgan fingerprint density at radius 1 is 0.969 bits per heavy atom. The molecule has 6 nitrogen and oxygen atoms in total. The maximum Gasteiger partial charge on any atom is 0.243 e. The van der Waals surface area contributed by atoms with Gasteiger partial charge >= 0.3 is 0 Å². The number of para-hydroxylation sites is 2. The average Bonchev–Trinajstić information content (AvgIpc) is 2.83. The summed E-state index contributed by atoms with van der Waals surface area (Å²) in [4.78, 5) is 24.9. The molecule has 6 heteroatoms. The van der Waals surface area contributed by atoms with Gasteiger partial charge in [0, 0.05) is 19.6 Å². The first-order valence-corrected chi connectivity index (χ1v) is 11.4. The van der Waals surface area contributed by atoms with Crippen LogP contribution in [0.3, 0.4) is 0 Å². The van der Waals surface area contributed by atoms with Crippen LogP contribution in [0.1, 0.15) is 56.7 Å². The van der Waals surface area contributed by atoms with E-state index in [-0.39, 0.29) is 5.91 Å². The maximum absolute atomic E-state index is 13.1. The molecule has 1 aromatic heterocycles. The fourth-order valence-corrected chi connectivity index (χ4v) is 3.58. The number of anilines is 1. The summed E-state index contributed by atoms with van der Waals surface area (Å²) in [6, 6.07) is 19.5. The first-order valence-electron chi connectivity index (χ1n) is 11.4. The van der Waals surface area contributed by atoms with E-state index in [2.05, 4.69) is 30.1 Å². The lowest BCUT2D eigenvalue weighted by Crippen LogP contribution is -2.33. The van der Waals surface area contributed by atoms with Crippen LogP contribution in [0.5, 0.6) is 0 Å². The highest BCUT2D eigenvalue weighted by molar-refractivity contribution is 5.88. The summed E-state index contributed by atoms with van der Waals surface area (Å²) in [5, 5.41) is 12.9. The van der Waals surface area contributed by atoms with Crippen LogP contribution < -0.4 is 10.2 Å². The van der Waals surface area contributed by atoms with Crippen LogP contribution in [-0.4, -0.2) is 29.0 Å². The summed E-state index contributed by atoms with van der Waals surface area (Å²) in [6.45, 7) is 6.31. The number of benzene rings is 2. The largest absolute Gasteiger partial charge is 0.355 e. The Morgan fingerprint density at radius 3 is 2.16 bits per heavy atom. The zero-order chi connectivity index (χ0) is 22.8. The Kier molecular flexibility index (Phi) is 8.56. The van der Waals surface area contributed by atoms with Crippen molar-refractivity contribution in [3.05, 3.63) is 65.9 Å². The smallest absolute Gasteiger partial charge is 0.243 e. The average molecular weight is 430 g/mol. The molecule has 0 radical (unpaired) electrons. The highest BCUT2D eigenvalue weighted by Crippen LogP contribution is 2.28. The third-order valence-corrected chi connectivity index (χ3v) is 5.42. The van der Waals surface area contributed by atoms with Gasteiger partial charge in [0.05, 0.1) is 17.1 Å². The monoisotopic (exact) mass is 429 g/mol. The van der Waals surface area contributed by atoms with Crippen LogP contribution in [0.25, 0.3) is 11.0 Å². The third kappa shape index (κ3) is 5.82. The van der Waals surface area contributed by atoms with Crippen LogP contribution in [0.2, 0.25) is 0 Å². The minimum atomic E-state index is -1.03. The Bertz CT molecular complexity index is 1050. The number of nitriles is 1. The van der Waals surface area contributed by atoms with Crippen molar-refractivity contribution in [2.45, 2.75) is 52.0 Å². The van der Waals surface area contributed by atoms with Gasteiger partial charge < -0.3 is 10.2 Å². The first kappa shape index (κ1) is 23.2. The fraction of sp³-hybridized carbons (Fsp3) is 0.385. The minimum absolute atomic E-state index is 0.354. The lowest BCUT2D eigenvalue weighted by molar-refractivity contribution is -0.121. The van der Waals surface area contributed by atoms with Crippen LogP contribution in [-0.2, 0) is 11.3 Å². The van der Waals surface area contributed by atoms with Gasteiger partial charge in [-0.15, -0.1) is 0 Å². The van der Waals surface area contributed by atoms with E-state index in [1.807, 2.05) is 54.6 Å². The number of hydrogen-bond donors (Lipinski definition) is 1. The molecule has 3 aromatic rings. The van der Waals surface area contributed by atoms with Gasteiger partial charge in [-0.2, -0.15) is 5.26 Å². The van der Waals surface area contributed by atoms with E-state index in [9.17, 15) is 10.1 Å². The highest BCUT2D eigenvalue weighted by atomic mass is 16.1. The number of nitrogens with zero attached hydrogens (tertiary/aromatic N) is 4. The van der Waals surface area contributed by atoms with Crippen LogP contribution in [0, 0.1) is 11.3 Å². The molecule has 0 aliphatic rings. The van der Waals surface area contributed by atoms with Crippen LogP contribution >= 0.6 is 0 Å². The van der Waals surface area contributed by atoms with E-state index >= 15 is 0 Å². The van der Waals surface area contributed by atoms with Crippen molar-refractivity contribution < 1.29 is 4.79 Å². The van der Waals surface area contributed by atoms with E-state index in [0.717, 1.165) is 49.9 Å². The Balaban J connectivity index is 1.97. The predicted octanol–water partition coefficient (Wildman–Crippen LogP) is 4.96. The molecule has 0 aliphatic carbocycles. The van der Waals surface area contributed by atoms with Gasteiger partial charge in [-0.25, -0.2) is 9.97 Å².